The standard InChI is InChI=1S/C11H10ClNO/c12-10-9-4-2-1-3-7(9)5-8(6-13)11(10)14/h5,14H,1-4H2. The lowest BCUT2D eigenvalue weighted by Gasteiger charge is -2.18. The Balaban J connectivity index is 2.64. The highest BCUT2D eigenvalue weighted by molar-refractivity contribution is 6.33. The highest BCUT2D eigenvalue weighted by atomic mass is 35.5. The summed E-state index contributed by atoms with van der Waals surface area (Å²) < 4.78 is 0. The van der Waals surface area contributed by atoms with Gasteiger partial charge in [0.15, 0.2) is 5.75 Å². The molecule has 0 saturated carbocycles. The van der Waals surface area contributed by atoms with Crippen LogP contribution in [0.1, 0.15) is 29.5 Å². The smallest absolute Gasteiger partial charge is 0.152 e. The molecule has 0 spiro atoms. The van der Waals surface area contributed by atoms with Crippen molar-refractivity contribution in [2.75, 3.05) is 0 Å². The Labute approximate surface area is 87.7 Å². The Hall–Kier alpha value is -1.20. The van der Waals surface area contributed by atoms with Crippen molar-refractivity contribution in [3.05, 3.63) is 27.8 Å². The maximum absolute atomic E-state index is 9.60. The summed E-state index contributed by atoms with van der Waals surface area (Å²) in [4.78, 5) is 0. The van der Waals surface area contributed by atoms with E-state index >= 15 is 0 Å². The zero-order valence-corrected chi connectivity index (χ0v) is 8.43. The molecule has 1 aliphatic carbocycles. The first-order valence-corrected chi connectivity index (χ1v) is 5.05. The maximum atomic E-state index is 9.60. The molecule has 1 aliphatic rings. The molecule has 2 nitrogen and oxygen atoms in total. The van der Waals surface area contributed by atoms with E-state index in [1.54, 1.807) is 6.07 Å². The zero-order valence-electron chi connectivity index (χ0n) is 7.68. The Bertz CT molecular complexity index is 420. The normalized spacial score (nSPS) is 14.6. The van der Waals surface area contributed by atoms with Crippen molar-refractivity contribution in [1.82, 2.24) is 0 Å². The summed E-state index contributed by atoms with van der Waals surface area (Å²) >= 11 is 5.99. The maximum Gasteiger partial charge on any atom is 0.152 e. The Morgan fingerprint density at radius 3 is 2.79 bits per heavy atom. The summed E-state index contributed by atoms with van der Waals surface area (Å²) in [6.45, 7) is 0. The minimum absolute atomic E-state index is 0.0604. The third-order valence-corrected chi connectivity index (χ3v) is 3.08. The molecule has 1 N–H and O–H groups in total. The third-order valence-electron chi connectivity index (χ3n) is 2.68. The van der Waals surface area contributed by atoms with E-state index in [2.05, 4.69) is 0 Å². The Kier molecular flexibility index (Phi) is 2.35. The highest BCUT2D eigenvalue weighted by Gasteiger charge is 2.18. The van der Waals surface area contributed by atoms with Crippen molar-refractivity contribution in [1.29, 1.82) is 5.26 Å². The number of nitriles is 1. The van der Waals surface area contributed by atoms with Crippen molar-refractivity contribution < 1.29 is 5.11 Å². The number of phenolic OH excluding ortho intramolecular Hbond substituents is 1. The fourth-order valence-corrected chi connectivity index (χ4v) is 2.25. The molecule has 0 unspecified atom stereocenters. The molecule has 72 valence electrons. The van der Waals surface area contributed by atoms with Crippen LogP contribution in [0, 0.1) is 11.3 Å². The van der Waals surface area contributed by atoms with Crippen molar-refractivity contribution in [2.24, 2.45) is 0 Å². The average molecular weight is 208 g/mol. The van der Waals surface area contributed by atoms with Crippen molar-refractivity contribution in [2.45, 2.75) is 25.7 Å². The molecule has 1 aromatic rings. The number of hydrogen-bond donors (Lipinski definition) is 1. The quantitative estimate of drug-likeness (QED) is 0.711. The van der Waals surface area contributed by atoms with Gasteiger partial charge >= 0.3 is 0 Å². The van der Waals surface area contributed by atoms with Gasteiger partial charge in [-0.1, -0.05) is 11.6 Å². The molecular weight excluding hydrogens is 198 g/mol. The lowest BCUT2D eigenvalue weighted by Crippen LogP contribution is -2.04. The fourth-order valence-electron chi connectivity index (χ4n) is 1.93. The van der Waals surface area contributed by atoms with Crippen LogP contribution in [0.25, 0.3) is 0 Å². The van der Waals surface area contributed by atoms with E-state index in [4.69, 9.17) is 16.9 Å². The molecule has 0 aliphatic heterocycles. The van der Waals surface area contributed by atoms with Gasteiger partial charge in [-0.05, 0) is 42.9 Å². The molecule has 0 atom stereocenters. The molecule has 0 saturated heterocycles. The van der Waals surface area contributed by atoms with Crippen LogP contribution in [0.2, 0.25) is 5.02 Å². The second-order valence-corrected chi connectivity index (χ2v) is 3.92. The van der Waals surface area contributed by atoms with E-state index in [1.807, 2.05) is 6.07 Å². The van der Waals surface area contributed by atoms with Crippen LogP contribution in [-0.2, 0) is 12.8 Å². The van der Waals surface area contributed by atoms with Crippen molar-refractivity contribution in [3.8, 4) is 11.8 Å². The molecule has 2 rings (SSSR count). The minimum Gasteiger partial charge on any atom is -0.505 e. The fraction of sp³-hybridized carbons (Fsp3) is 0.364. The lowest BCUT2D eigenvalue weighted by atomic mass is 9.90. The number of hydrogen-bond acceptors (Lipinski definition) is 2. The molecule has 1 aromatic carbocycles. The molecule has 0 heterocycles. The van der Waals surface area contributed by atoms with Crippen molar-refractivity contribution in [3.63, 3.8) is 0 Å². The number of aromatic hydroxyl groups is 1. The SMILES string of the molecule is N#Cc1cc2c(c(Cl)c1O)CCCC2. The number of nitrogens with zero attached hydrogens (tertiary/aromatic N) is 1. The molecule has 14 heavy (non-hydrogen) atoms. The number of aryl methyl sites for hydroxylation is 1. The summed E-state index contributed by atoms with van der Waals surface area (Å²) in [5.74, 6) is -0.0604. The predicted octanol–water partition coefficient (Wildman–Crippen LogP) is 2.80. The monoisotopic (exact) mass is 207 g/mol. The van der Waals surface area contributed by atoms with Crippen LogP contribution in [0.4, 0.5) is 0 Å². The first-order valence-electron chi connectivity index (χ1n) is 4.67. The van der Waals surface area contributed by atoms with Gasteiger partial charge in [0.05, 0.1) is 10.6 Å². The third kappa shape index (κ3) is 1.34. The van der Waals surface area contributed by atoms with Crippen LogP contribution in [0.3, 0.4) is 0 Å². The highest BCUT2D eigenvalue weighted by Crippen LogP contribution is 2.36. The van der Waals surface area contributed by atoms with Crippen LogP contribution < -0.4 is 0 Å². The van der Waals surface area contributed by atoms with Gasteiger partial charge in [-0.2, -0.15) is 5.26 Å². The molecule has 3 heteroatoms. The number of fused-ring (bicyclic) bond motifs is 1. The number of halogens is 1. The van der Waals surface area contributed by atoms with Gasteiger partial charge in [-0.15, -0.1) is 0 Å². The van der Waals surface area contributed by atoms with E-state index in [-0.39, 0.29) is 11.3 Å². The summed E-state index contributed by atoms with van der Waals surface area (Å²) in [6.07, 6.45) is 4.12. The van der Waals surface area contributed by atoms with Gasteiger partial charge in [-0.3, -0.25) is 0 Å². The van der Waals surface area contributed by atoms with Gasteiger partial charge in [-0.25, -0.2) is 0 Å². The summed E-state index contributed by atoms with van der Waals surface area (Å²) in [5.41, 5.74) is 2.43. The number of phenols is 1. The molecular formula is C11H10ClNO. The summed E-state index contributed by atoms with van der Waals surface area (Å²) in [7, 11) is 0. The first kappa shape index (κ1) is 9.36. The second-order valence-electron chi connectivity index (χ2n) is 3.54. The molecule has 0 fully saturated rings. The van der Waals surface area contributed by atoms with Gasteiger partial charge in [0.2, 0.25) is 0 Å². The predicted molar refractivity (Wildman–Crippen MR) is 54.5 cm³/mol. The van der Waals surface area contributed by atoms with E-state index in [9.17, 15) is 5.11 Å². The van der Waals surface area contributed by atoms with E-state index in [1.165, 1.54) is 0 Å². The van der Waals surface area contributed by atoms with Crippen molar-refractivity contribution >= 4 is 11.6 Å². The minimum atomic E-state index is -0.0604. The lowest BCUT2D eigenvalue weighted by molar-refractivity contribution is 0.471. The largest absolute Gasteiger partial charge is 0.505 e. The summed E-state index contributed by atoms with van der Waals surface area (Å²) in [5, 5.41) is 18.7. The Morgan fingerprint density at radius 1 is 1.36 bits per heavy atom. The number of benzene rings is 1. The average Bonchev–Trinajstić information content (AvgIpc) is 2.23. The van der Waals surface area contributed by atoms with E-state index in [0.717, 1.165) is 36.8 Å². The van der Waals surface area contributed by atoms with E-state index in [0.29, 0.717) is 5.02 Å². The topological polar surface area (TPSA) is 44.0 Å². The second kappa shape index (κ2) is 3.51. The molecule has 0 amide bonds. The number of rotatable bonds is 0. The zero-order chi connectivity index (χ0) is 10.1. The van der Waals surface area contributed by atoms with E-state index < -0.39 is 0 Å². The van der Waals surface area contributed by atoms with Crippen LogP contribution in [-0.4, -0.2) is 5.11 Å². The van der Waals surface area contributed by atoms with Gasteiger partial charge in [0.25, 0.3) is 0 Å². The van der Waals surface area contributed by atoms with Gasteiger partial charge < -0.3 is 5.11 Å². The summed E-state index contributed by atoms with van der Waals surface area (Å²) in [6, 6.07) is 3.71. The van der Waals surface area contributed by atoms with Gasteiger partial charge in [0.1, 0.15) is 6.07 Å². The molecule has 0 aromatic heterocycles. The molecule has 0 radical (unpaired) electrons. The first-order chi connectivity index (χ1) is 6.74. The van der Waals surface area contributed by atoms with Crippen LogP contribution in [0.5, 0.6) is 5.75 Å². The van der Waals surface area contributed by atoms with Gasteiger partial charge in [0, 0.05) is 0 Å². The van der Waals surface area contributed by atoms with Crippen LogP contribution in [0.15, 0.2) is 6.07 Å². The molecule has 0 bridgehead atoms. The Morgan fingerprint density at radius 2 is 2.07 bits per heavy atom. The van der Waals surface area contributed by atoms with Crippen LogP contribution >= 0.6 is 11.6 Å².